The number of furan rings is 1. The molecule has 0 fully saturated rings. The lowest BCUT2D eigenvalue weighted by Gasteiger charge is -2.14. The van der Waals surface area contributed by atoms with Gasteiger partial charge in [-0.3, -0.25) is 4.79 Å². The van der Waals surface area contributed by atoms with Crippen molar-refractivity contribution in [3.05, 3.63) is 59.1 Å². The number of carbonyl (C=O) groups excluding carboxylic acids is 1. The molecule has 0 radical (unpaired) electrons. The van der Waals surface area contributed by atoms with Crippen LogP contribution in [0.4, 0.5) is 4.39 Å². The van der Waals surface area contributed by atoms with Gasteiger partial charge in [-0.15, -0.1) is 11.3 Å². The molecule has 102 valence electrons. The summed E-state index contributed by atoms with van der Waals surface area (Å²) in [5.74, 6) is 0.279. The van der Waals surface area contributed by atoms with Crippen LogP contribution in [0.3, 0.4) is 0 Å². The highest BCUT2D eigenvalue weighted by atomic mass is 32.1. The summed E-state index contributed by atoms with van der Waals surface area (Å²) in [5, 5.41) is 0.493. The Morgan fingerprint density at radius 2 is 2.20 bits per heavy atom. The second-order valence-electron chi connectivity index (χ2n) is 4.50. The second-order valence-corrected chi connectivity index (χ2v) is 5.59. The van der Waals surface area contributed by atoms with Crippen molar-refractivity contribution in [2.45, 2.75) is 6.54 Å². The van der Waals surface area contributed by atoms with Crippen molar-refractivity contribution in [2.24, 2.45) is 0 Å². The first-order valence-corrected chi connectivity index (χ1v) is 6.92. The molecule has 1 aromatic carbocycles. The highest BCUT2D eigenvalue weighted by Crippen LogP contribution is 2.28. The van der Waals surface area contributed by atoms with Gasteiger partial charge in [0.2, 0.25) is 0 Å². The van der Waals surface area contributed by atoms with Crippen molar-refractivity contribution in [3.8, 4) is 0 Å². The number of carbonyl (C=O) groups is 1. The monoisotopic (exact) mass is 289 g/mol. The molecule has 0 aliphatic heterocycles. The van der Waals surface area contributed by atoms with Crippen molar-refractivity contribution >= 4 is 27.3 Å². The van der Waals surface area contributed by atoms with E-state index in [9.17, 15) is 9.18 Å². The maximum absolute atomic E-state index is 13.6. The number of benzene rings is 1. The zero-order chi connectivity index (χ0) is 14.1. The summed E-state index contributed by atoms with van der Waals surface area (Å²) in [6.07, 6.45) is 1.57. The lowest BCUT2D eigenvalue weighted by molar-refractivity contribution is 0.0780. The Morgan fingerprint density at radius 1 is 1.35 bits per heavy atom. The lowest BCUT2D eigenvalue weighted by atomic mass is 10.2. The molecule has 0 saturated carbocycles. The minimum absolute atomic E-state index is 0.137. The Bertz CT molecular complexity index is 748. The number of fused-ring (bicyclic) bond motifs is 1. The second kappa shape index (κ2) is 5.09. The number of halogens is 1. The van der Waals surface area contributed by atoms with Gasteiger partial charge in [0.1, 0.15) is 11.6 Å². The third-order valence-corrected chi connectivity index (χ3v) is 4.13. The molecule has 5 heteroatoms. The predicted octanol–water partition coefficient (Wildman–Crippen LogP) is 3.91. The maximum Gasteiger partial charge on any atom is 0.264 e. The first kappa shape index (κ1) is 12.9. The number of thiophene rings is 1. The Labute approximate surface area is 119 Å². The van der Waals surface area contributed by atoms with Gasteiger partial charge in [0, 0.05) is 17.1 Å². The minimum atomic E-state index is -0.300. The van der Waals surface area contributed by atoms with Crippen molar-refractivity contribution in [1.82, 2.24) is 4.90 Å². The smallest absolute Gasteiger partial charge is 0.264 e. The van der Waals surface area contributed by atoms with E-state index < -0.39 is 0 Å². The van der Waals surface area contributed by atoms with Crippen LogP contribution in [-0.4, -0.2) is 17.9 Å². The Balaban J connectivity index is 1.86. The third kappa shape index (κ3) is 2.32. The van der Waals surface area contributed by atoms with Crippen molar-refractivity contribution in [1.29, 1.82) is 0 Å². The van der Waals surface area contributed by atoms with Crippen LogP contribution in [0.5, 0.6) is 0 Å². The average Bonchev–Trinajstić information content (AvgIpc) is 3.07. The van der Waals surface area contributed by atoms with Crippen LogP contribution in [0.1, 0.15) is 15.4 Å². The van der Waals surface area contributed by atoms with Gasteiger partial charge < -0.3 is 9.32 Å². The summed E-state index contributed by atoms with van der Waals surface area (Å²) in [7, 11) is 1.70. The highest BCUT2D eigenvalue weighted by Gasteiger charge is 2.17. The molecular formula is C15H12FNO2S. The standard InChI is InChI=1S/C15H12FNO2S/c1-17(9-10-4-3-7-19-10)15(18)14-8-11-12(16)5-2-6-13(11)20-14/h2-8H,9H2,1H3. The van der Waals surface area contributed by atoms with E-state index in [1.807, 2.05) is 12.1 Å². The zero-order valence-corrected chi connectivity index (χ0v) is 11.6. The topological polar surface area (TPSA) is 33.5 Å². The van der Waals surface area contributed by atoms with Crippen molar-refractivity contribution < 1.29 is 13.6 Å². The molecule has 3 nitrogen and oxygen atoms in total. The molecule has 0 spiro atoms. The first-order chi connectivity index (χ1) is 9.65. The van der Waals surface area contributed by atoms with Gasteiger partial charge in [-0.25, -0.2) is 4.39 Å². The minimum Gasteiger partial charge on any atom is -0.467 e. The molecule has 0 bridgehead atoms. The summed E-state index contributed by atoms with van der Waals surface area (Å²) in [4.78, 5) is 14.4. The van der Waals surface area contributed by atoms with E-state index in [-0.39, 0.29) is 11.7 Å². The van der Waals surface area contributed by atoms with Crippen LogP contribution in [0.15, 0.2) is 47.1 Å². The Morgan fingerprint density at radius 3 is 2.90 bits per heavy atom. The van der Waals surface area contributed by atoms with Gasteiger partial charge in [0.05, 0.1) is 17.7 Å². The molecule has 0 aliphatic carbocycles. The number of hydrogen-bond donors (Lipinski definition) is 0. The van der Waals surface area contributed by atoms with E-state index in [1.165, 1.54) is 17.4 Å². The van der Waals surface area contributed by atoms with E-state index in [1.54, 1.807) is 36.4 Å². The molecule has 20 heavy (non-hydrogen) atoms. The normalized spacial score (nSPS) is 10.9. The van der Waals surface area contributed by atoms with E-state index >= 15 is 0 Å². The molecule has 0 N–H and O–H groups in total. The largest absolute Gasteiger partial charge is 0.467 e. The van der Waals surface area contributed by atoms with E-state index in [0.717, 1.165) is 4.70 Å². The average molecular weight is 289 g/mol. The molecular weight excluding hydrogens is 277 g/mol. The summed E-state index contributed by atoms with van der Waals surface area (Å²) in [6, 6.07) is 10.1. The number of rotatable bonds is 3. The molecule has 2 aromatic heterocycles. The molecule has 2 heterocycles. The molecule has 1 amide bonds. The van der Waals surface area contributed by atoms with Crippen molar-refractivity contribution in [2.75, 3.05) is 7.05 Å². The molecule has 0 unspecified atom stereocenters. The number of hydrogen-bond acceptors (Lipinski definition) is 3. The lowest BCUT2D eigenvalue weighted by Crippen LogP contribution is -2.25. The first-order valence-electron chi connectivity index (χ1n) is 6.11. The number of amides is 1. The molecule has 3 aromatic rings. The van der Waals surface area contributed by atoms with Gasteiger partial charge in [0.15, 0.2) is 0 Å². The van der Waals surface area contributed by atoms with E-state index in [0.29, 0.717) is 22.6 Å². The van der Waals surface area contributed by atoms with Crippen LogP contribution < -0.4 is 0 Å². The molecule has 3 rings (SSSR count). The summed E-state index contributed by atoms with van der Waals surface area (Å²) < 4.78 is 19.6. The van der Waals surface area contributed by atoms with Crippen LogP contribution in [-0.2, 0) is 6.54 Å². The molecule has 0 saturated heterocycles. The summed E-state index contributed by atoms with van der Waals surface area (Å²) in [5.41, 5.74) is 0. The quantitative estimate of drug-likeness (QED) is 0.732. The third-order valence-electron chi connectivity index (χ3n) is 3.04. The van der Waals surface area contributed by atoms with E-state index in [4.69, 9.17) is 4.42 Å². The van der Waals surface area contributed by atoms with Crippen molar-refractivity contribution in [3.63, 3.8) is 0 Å². The summed E-state index contributed by atoms with van der Waals surface area (Å²) in [6.45, 7) is 0.391. The van der Waals surface area contributed by atoms with Gasteiger partial charge in [-0.1, -0.05) is 6.07 Å². The van der Waals surface area contributed by atoms with E-state index in [2.05, 4.69) is 0 Å². The van der Waals surface area contributed by atoms with Crippen LogP contribution in [0.2, 0.25) is 0 Å². The zero-order valence-electron chi connectivity index (χ0n) is 10.8. The Kier molecular flexibility index (Phi) is 3.28. The molecule has 0 atom stereocenters. The SMILES string of the molecule is CN(Cc1ccco1)C(=O)c1cc2c(F)cccc2s1. The van der Waals surface area contributed by atoms with Crippen LogP contribution >= 0.6 is 11.3 Å². The fraction of sp³-hybridized carbons (Fsp3) is 0.133. The highest BCUT2D eigenvalue weighted by molar-refractivity contribution is 7.20. The summed E-state index contributed by atoms with van der Waals surface area (Å²) >= 11 is 1.30. The fourth-order valence-electron chi connectivity index (χ4n) is 2.03. The van der Waals surface area contributed by atoms with Gasteiger partial charge >= 0.3 is 0 Å². The fourth-order valence-corrected chi connectivity index (χ4v) is 3.10. The van der Waals surface area contributed by atoms with Gasteiger partial charge in [-0.05, 0) is 30.3 Å². The van der Waals surface area contributed by atoms with Crippen LogP contribution in [0, 0.1) is 5.82 Å². The van der Waals surface area contributed by atoms with Gasteiger partial charge in [-0.2, -0.15) is 0 Å². The maximum atomic E-state index is 13.6. The predicted molar refractivity (Wildman–Crippen MR) is 76.3 cm³/mol. The Hall–Kier alpha value is -2.14. The van der Waals surface area contributed by atoms with Gasteiger partial charge in [0.25, 0.3) is 5.91 Å². The van der Waals surface area contributed by atoms with Crippen LogP contribution in [0.25, 0.3) is 10.1 Å². The number of nitrogens with zero attached hydrogens (tertiary/aromatic N) is 1. The molecule has 0 aliphatic rings.